The molecule has 1 aromatic heterocycles. The van der Waals surface area contributed by atoms with Crippen molar-refractivity contribution in [3.05, 3.63) is 77.1 Å². The maximum Gasteiger partial charge on any atom is 0.321 e. The minimum absolute atomic E-state index is 0.0805. The van der Waals surface area contributed by atoms with Crippen LogP contribution in [0.5, 0.6) is 0 Å². The number of amides is 1. The Labute approximate surface area is 122 Å². The van der Waals surface area contributed by atoms with E-state index in [1.165, 1.54) is 0 Å². The molecule has 0 aliphatic rings. The highest BCUT2D eigenvalue weighted by Gasteiger charge is 2.18. The van der Waals surface area contributed by atoms with Crippen LogP contribution in [-0.4, -0.2) is 5.91 Å². The van der Waals surface area contributed by atoms with E-state index in [9.17, 15) is 10.0 Å². The Morgan fingerprint density at radius 2 is 1.71 bits per heavy atom. The largest absolute Gasteiger partial charge is 0.618 e. The topological polar surface area (TPSA) is 56.0 Å². The molecule has 0 saturated heterocycles. The highest BCUT2D eigenvalue weighted by Crippen LogP contribution is 2.15. The zero-order valence-corrected chi connectivity index (χ0v) is 11.5. The molecule has 21 heavy (non-hydrogen) atoms. The SMILES string of the molecule is Cc1ccccc1NC(=O)c1ccc2ccccc2[n+]1[O-]. The van der Waals surface area contributed by atoms with Crippen LogP contribution in [0.3, 0.4) is 0 Å². The van der Waals surface area contributed by atoms with Crippen LogP contribution in [-0.2, 0) is 0 Å². The number of fused-ring (bicyclic) bond motifs is 1. The second kappa shape index (κ2) is 5.25. The highest BCUT2D eigenvalue weighted by molar-refractivity contribution is 6.02. The molecule has 0 bridgehead atoms. The van der Waals surface area contributed by atoms with Crippen LogP contribution in [0.2, 0.25) is 0 Å². The molecular formula is C17H14N2O2. The molecule has 4 heteroatoms. The molecule has 0 radical (unpaired) electrons. The molecule has 0 atom stereocenters. The number of pyridine rings is 1. The van der Waals surface area contributed by atoms with Gasteiger partial charge in [-0.2, -0.15) is 4.73 Å². The monoisotopic (exact) mass is 278 g/mol. The first-order valence-electron chi connectivity index (χ1n) is 6.65. The van der Waals surface area contributed by atoms with E-state index in [1.54, 1.807) is 24.3 Å². The number of aryl methyl sites for hydroxylation is 1. The van der Waals surface area contributed by atoms with Gasteiger partial charge in [-0.3, -0.25) is 4.79 Å². The fourth-order valence-corrected chi connectivity index (χ4v) is 2.25. The molecule has 0 saturated carbocycles. The molecule has 0 aliphatic carbocycles. The van der Waals surface area contributed by atoms with Gasteiger partial charge in [0.2, 0.25) is 5.52 Å². The van der Waals surface area contributed by atoms with Gasteiger partial charge in [-0.15, -0.1) is 0 Å². The third-order valence-corrected chi connectivity index (χ3v) is 3.42. The molecule has 4 nitrogen and oxygen atoms in total. The van der Waals surface area contributed by atoms with Crippen molar-refractivity contribution in [1.82, 2.24) is 0 Å². The van der Waals surface area contributed by atoms with Gasteiger partial charge in [-0.25, -0.2) is 0 Å². The normalized spacial score (nSPS) is 10.5. The van der Waals surface area contributed by atoms with Crippen molar-refractivity contribution in [3.8, 4) is 0 Å². The van der Waals surface area contributed by atoms with Crippen LogP contribution in [0, 0.1) is 12.1 Å². The molecule has 2 aromatic carbocycles. The van der Waals surface area contributed by atoms with Gasteiger partial charge >= 0.3 is 5.91 Å². The van der Waals surface area contributed by atoms with Crippen molar-refractivity contribution in [2.45, 2.75) is 6.92 Å². The average molecular weight is 278 g/mol. The summed E-state index contributed by atoms with van der Waals surface area (Å²) < 4.78 is 0.670. The molecule has 1 heterocycles. The maximum atomic E-state index is 12.3. The van der Waals surface area contributed by atoms with Gasteiger partial charge in [0.1, 0.15) is 0 Å². The predicted molar refractivity (Wildman–Crippen MR) is 82.0 cm³/mol. The van der Waals surface area contributed by atoms with E-state index in [4.69, 9.17) is 0 Å². The van der Waals surface area contributed by atoms with Crippen LogP contribution < -0.4 is 10.0 Å². The average Bonchev–Trinajstić information content (AvgIpc) is 2.50. The summed E-state index contributed by atoms with van der Waals surface area (Å²) in [7, 11) is 0. The molecular weight excluding hydrogens is 264 g/mol. The predicted octanol–water partition coefficient (Wildman–Crippen LogP) is 3.03. The Bertz CT molecular complexity index is 828. The van der Waals surface area contributed by atoms with Gasteiger partial charge in [0, 0.05) is 23.2 Å². The molecule has 0 unspecified atom stereocenters. The third kappa shape index (κ3) is 2.43. The van der Waals surface area contributed by atoms with Crippen LogP contribution in [0.25, 0.3) is 10.9 Å². The Hall–Kier alpha value is -2.88. The Balaban J connectivity index is 1.99. The Kier molecular flexibility index (Phi) is 3.28. The molecule has 1 N–H and O–H groups in total. The Morgan fingerprint density at radius 1 is 1.00 bits per heavy atom. The van der Waals surface area contributed by atoms with Crippen LogP contribution in [0.4, 0.5) is 5.69 Å². The van der Waals surface area contributed by atoms with Crippen LogP contribution in [0.15, 0.2) is 60.7 Å². The maximum absolute atomic E-state index is 12.3. The van der Waals surface area contributed by atoms with Crippen molar-refractivity contribution >= 4 is 22.5 Å². The third-order valence-electron chi connectivity index (χ3n) is 3.42. The molecule has 0 spiro atoms. The first kappa shape index (κ1) is 13.1. The van der Waals surface area contributed by atoms with Gasteiger partial charge in [-0.05, 0) is 30.7 Å². The van der Waals surface area contributed by atoms with E-state index in [0.29, 0.717) is 15.9 Å². The van der Waals surface area contributed by atoms with Crippen molar-refractivity contribution in [2.24, 2.45) is 0 Å². The summed E-state index contributed by atoms with van der Waals surface area (Å²) in [6.07, 6.45) is 0. The summed E-state index contributed by atoms with van der Waals surface area (Å²) in [5.74, 6) is -0.412. The lowest BCUT2D eigenvalue weighted by atomic mass is 10.2. The van der Waals surface area contributed by atoms with E-state index in [0.717, 1.165) is 10.9 Å². The van der Waals surface area contributed by atoms with Gasteiger partial charge in [-0.1, -0.05) is 30.3 Å². The number of benzene rings is 2. The van der Waals surface area contributed by atoms with Crippen molar-refractivity contribution < 1.29 is 9.52 Å². The number of rotatable bonds is 2. The second-order valence-electron chi connectivity index (χ2n) is 4.84. The molecule has 0 aliphatic heterocycles. The smallest absolute Gasteiger partial charge is 0.321 e. The number of carbonyl (C=O) groups excluding carboxylic acids is 1. The zero-order chi connectivity index (χ0) is 14.8. The Morgan fingerprint density at radius 3 is 2.52 bits per heavy atom. The van der Waals surface area contributed by atoms with E-state index >= 15 is 0 Å². The van der Waals surface area contributed by atoms with E-state index in [1.807, 2.05) is 43.3 Å². The summed E-state index contributed by atoms with van der Waals surface area (Å²) in [5.41, 5.74) is 2.21. The lowest BCUT2D eigenvalue weighted by Crippen LogP contribution is -2.37. The first-order valence-corrected chi connectivity index (χ1v) is 6.65. The quantitative estimate of drug-likeness (QED) is 0.578. The number of nitrogens with zero attached hydrogens (tertiary/aromatic N) is 1. The second-order valence-corrected chi connectivity index (χ2v) is 4.84. The zero-order valence-electron chi connectivity index (χ0n) is 11.5. The summed E-state index contributed by atoms with van der Waals surface area (Å²) in [4.78, 5) is 12.3. The minimum atomic E-state index is -0.412. The molecule has 0 fully saturated rings. The number of hydrogen-bond donors (Lipinski definition) is 1. The van der Waals surface area contributed by atoms with Gasteiger partial charge in [0.05, 0.1) is 0 Å². The van der Waals surface area contributed by atoms with Gasteiger partial charge < -0.3 is 10.5 Å². The van der Waals surface area contributed by atoms with Gasteiger partial charge in [0.15, 0.2) is 0 Å². The molecule has 104 valence electrons. The fraction of sp³-hybridized carbons (Fsp3) is 0.0588. The number of aromatic nitrogens is 1. The lowest BCUT2D eigenvalue weighted by Gasteiger charge is -2.09. The molecule has 3 rings (SSSR count). The number of para-hydroxylation sites is 2. The van der Waals surface area contributed by atoms with E-state index < -0.39 is 5.91 Å². The number of nitrogens with one attached hydrogen (secondary N) is 1. The van der Waals surface area contributed by atoms with Crippen molar-refractivity contribution in [2.75, 3.05) is 5.32 Å². The standard InChI is InChI=1S/C17H14N2O2/c1-12-6-2-4-8-14(12)18-17(20)16-11-10-13-7-3-5-9-15(13)19(16)21/h2-11H,1H3,(H,18,20). The summed E-state index contributed by atoms with van der Waals surface area (Å²) >= 11 is 0. The first-order chi connectivity index (χ1) is 10.2. The van der Waals surface area contributed by atoms with E-state index in [2.05, 4.69) is 5.32 Å². The summed E-state index contributed by atoms with van der Waals surface area (Å²) in [6.45, 7) is 1.90. The number of carbonyl (C=O) groups is 1. The molecule has 1 amide bonds. The fourth-order valence-electron chi connectivity index (χ4n) is 2.25. The lowest BCUT2D eigenvalue weighted by molar-refractivity contribution is -0.579. The van der Waals surface area contributed by atoms with Crippen molar-refractivity contribution in [3.63, 3.8) is 0 Å². The highest BCUT2D eigenvalue weighted by atomic mass is 16.5. The minimum Gasteiger partial charge on any atom is -0.618 e. The summed E-state index contributed by atoms with van der Waals surface area (Å²) in [5, 5.41) is 15.9. The van der Waals surface area contributed by atoms with Gasteiger partial charge in [0.25, 0.3) is 5.69 Å². The van der Waals surface area contributed by atoms with Crippen molar-refractivity contribution in [1.29, 1.82) is 0 Å². The van der Waals surface area contributed by atoms with Crippen LogP contribution >= 0.6 is 0 Å². The number of anilines is 1. The molecule has 3 aromatic rings. The van der Waals surface area contributed by atoms with Crippen LogP contribution in [0.1, 0.15) is 16.1 Å². The summed E-state index contributed by atoms with van der Waals surface area (Å²) in [6, 6.07) is 17.9. The van der Waals surface area contributed by atoms with E-state index in [-0.39, 0.29) is 5.69 Å². The number of hydrogen-bond acceptors (Lipinski definition) is 2.